The zero-order chi connectivity index (χ0) is 25.8. The van der Waals surface area contributed by atoms with E-state index in [-0.39, 0.29) is 32.3 Å². The van der Waals surface area contributed by atoms with E-state index in [1.165, 1.54) is 11.1 Å². The molecule has 0 spiro atoms. The van der Waals surface area contributed by atoms with Gasteiger partial charge in [-0.2, -0.15) is 0 Å². The standard InChI is InChI=1S/C28H37N5O3.CH4/c1-19(2)9-8-12-29-27(34)17-32(25-14-26-24(13-20(25)3)21(4)30-36-26)18-28(35)31(5)33-15-22-10-6-7-11-23(22)16-33;/h6-7,10-11,13-14,19H,8-9,12,15-18H2,1-5H3,(H,29,34);1H4. The quantitative estimate of drug-likeness (QED) is 0.396. The van der Waals surface area contributed by atoms with Crippen molar-refractivity contribution in [1.82, 2.24) is 20.5 Å². The molecular weight excluding hydrogens is 466 g/mol. The number of hydrogen-bond donors (Lipinski definition) is 1. The Labute approximate surface area is 220 Å². The van der Waals surface area contributed by atoms with E-state index in [1.807, 2.05) is 48.0 Å². The highest BCUT2D eigenvalue weighted by molar-refractivity contribution is 5.90. The van der Waals surface area contributed by atoms with Gasteiger partial charge in [-0.25, -0.2) is 5.01 Å². The number of anilines is 1. The highest BCUT2D eigenvalue weighted by Gasteiger charge is 2.27. The van der Waals surface area contributed by atoms with Gasteiger partial charge in [0.1, 0.15) is 0 Å². The molecule has 200 valence electrons. The first kappa shape index (κ1) is 28.2. The fourth-order valence-electron chi connectivity index (χ4n) is 4.69. The van der Waals surface area contributed by atoms with Gasteiger partial charge in [0, 0.05) is 43.8 Å². The number of amides is 2. The fraction of sp³-hybridized carbons (Fsp3) is 0.483. The molecule has 0 saturated carbocycles. The molecule has 1 aliphatic rings. The van der Waals surface area contributed by atoms with E-state index in [1.54, 1.807) is 12.1 Å². The van der Waals surface area contributed by atoms with Gasteiger partial charge in [-0.1, -0.05) is 50.7 Å². The van der Waals surface area contributed by atoms with Crippen molar-refractivity contribution in [3.63, 3.8) is 0 Å². The van der Waals surface area contributed by atoms with Gasteiger partial charge in [0.15, 0.2) is 5.58 Å². The van der Waals surface area contributed by atoms with Crippen LogP contribution in [0.1, 0.15) is 56.5 Å². The first-order chi connectivity index (χ1) is 17.2. The van der Waals surface area contributed by atoms with Crippen LogP contribution in [0.3, 0.4) is 0 Å². The number of hydrazine groups is 1. The Morgan fingerprint density at radius 1 is 1.11 bits per heavy atom. The molecule has 2 aromatic carbocycles. The predicted octanol–water partition coefficient (Wildman–Crippen LogP) is 4.83. The molecule has 1 N–H and O–H groups in total. The summed E-state index contributed by atoms with van der Waals surface area (Å²) in [6.07, 6.45) is 2.00. The first-order valence-corrected chi connectivity index (χ1v) is 12.7. The molecule has 1 aromatic heterocycles. The molecule has 2 amide bonds. The molecule has 0 aliphatic carbocycles. The normalized spacial score (nSPS) is 12.9. The average Bonchev–Trinajstić information content (AvgIpc) is 3.43. The lowest BCUT2D eigenvalue weighted by Crippen LogP contribution is -2.48. The highest BCUT2D eigenvalue weighted by Crippen LogP contribution is 2.29. The third-order valence-electron chi connectivity index (χ3n) is 6.86. The van der Waals surface area contributed by atoms with Crippen LogP contribution in [0, 0.1) is 19.8 Å². The number of nitrogens with one attached hydrogen (secondary N) is 1. The van der Waals surface area contributed by atoms with Gasteiger partial charge in [-0.15, -0.1) is 0 Å². The second-order valence-electron chi connectivity index (χ2n) is 10.2. The van der Waals surface area contributed by atoms with Crippen LogP contribution in [-0.4, -0.2) is 53.7 Å². The zero-order valence-electron chi connectivity index (χ0n) is 22.0. The topological polar surface area (TPSA) is 81.9 Å². The summed E-state index contributed by atoms with van der Waals surface area (Å²) in [5.41, 5.74) is 5.69. The van der Waals surface area contributed by atoms with Crippen molar-refractivity contribution in [3.8, 4) is 0 Å². The number of rotatable bonds is 10. The number of carbonyl (C=O) groups excluding carboxylic acids is 2. The lowest BCUT2D eigenvalue weighted by Gasteiger charge is -2.32. The molecule has 0 unspecified atom stereocenters. The van der Waals surface area contributed by atoms with Gasteiger partial charge in [-0.3, -0.25) is 14.6 Å². The van der Waals surface area contributed by atoms with Gasteiger partial charge >= 0.3 is 0 Å². The van der Waals surface area contributed by atoms with Gasteiger partial charge in [0.05, 0.1) is 18.8 Å². The summed E-state index contributed by atoms with van der Waals surface area (Å²) < 4.78 is 5.49. The zero-order valence-corrected chi connectivity index (χ0v) is 22.0. The van der Waals surface area contributed by atoms with Crippen molar-refractivity contribution in [2.24, 2.45) is 5.92 Å². The molecule has 0 radical (unpaired) electrons. The maximum Gasteiger partial charge on any atom is 0.256 e. The number of benzene rings is 2. The molecule has 4 rings (SSSR count). The van der Waals surface area contributed by atoms with Crippen molar-refractivity contribution in [1.29, 1.82) is 0 Å². The summed E-state index contributed by atoms with van der Waals surface area (Å²) >= 11 is 0. The van der Waals surface area contributed by atoms with E-state index in [9.17, 15) is 9.59 Å². The number of carbonyl (C=O) groups is 2. The summed E-state index contributed by atoms with van der Waals surface area (Å²) in [6, 6.07) is 12.1. The maximum atomic E-state index is 13.4. The summed E-state index contributed by atoms with van der Waals surface area (Å²) in [4.78, 5) is 28.2. The maximum absolute atomic E-state index is 13.4. The Morgan fingerprint density at radius 2 is 1.78 bits per heavy atom. The van der Waals surface area contributed by atoms with E-state index in [0.29, 0.717) is 31.1 Å². The van der Waals surface area contributed by atoms with E-state index < -0.39 is 0 Å². The van der Waals surface area contributed by atoms with Crippen molar-refractivity contribution < 1.29 is 14.1 Å². The SMILES string of the molecule is C.Cc1cc2c(C)noc2cc1N(CC(=O)NCCCC(C)C)CC(=O)N(C)N1Cc2ccccc2C1. The molecule has 8 heteroatoms. The van der Waals surface area contributed by atoms with Crippen molar-refractivity contribution >= 4 is 28.5 Å². The number of aryl methyl sites for hydroxylation is 2. The van der Waals surface area contributed by atoms with Crippen molar-refractivity contribution in [2.75, 3.05) is 31.6 Å². The molecule has 1 aliphatic heterocycles. The first-order valence-electron chi connectivity index (χ1n) is 12.7. The van der Waals surface area contributed by atoms with Crippen LogP contribution in [-0.2, 0) is 22.7 Å². The molecular formula is C29H41N5O3. The summed E-state index contributed by atoms with van der Waals surface area (Å²) in [6.45, 7) is 10.4. The molecule has 0 saturated heterocycles. The molecule has 3 aromatic rings. The summed E-state index contributed by atoms with van der Waals surface area (Å²) in [7, 11) is 1.80. The largest absolute Gasteiger partial charge is 0.356 e. The number of fused-ring (bicyclic) bond motifs is 2. The lowest BCUT2D eigenvalue weighted by atomic mass is 10.1. The molecule has 8 nitrogen and oxygen atoms in total. The Morgan fingerprint density at radius 3 is 2.43 bits per heavy atom. The second-order valence-corrected chi connectivity index (χ2v) is 10.2. The summed E-state index contributed by atoms with van der Waals surface area (Å²) in [5, 5.41) is 11.7. The van der Waals surface area contributed by atoms with E-state index in [4.69, 9.17) is 4.52 Å². The van der Waals surface area contributed by atoms with Crippen LogP contribution in [0.5, 0.6) is 0 Å². The third-order valence-corrected chi connectivity index (χ3v) is 6.86. The summed E-state index contributed by atoms with van der Waals surface area (Å²) in [5.74, 6) is 0.419. The fourth-order valence-corrected chi connectivity index (χ4v) is 4.69. The number of aromatic nitrogens is 1. The Balaban J connectivity index is 0.00000380. The predicted molar refractivity (Wildman–Crippen MR) is 148 cm³/mol. The Hall–Kier alpha value is -3.39. The van der Waals surface area contributed by atoms with Gasteiger partial charge < -0.3 is 14.7 Å². The number of likely N-dealkylation sites (N-methyl/N-ethyl adjacent to an activating group) is 1. The van der Waals surface area contributed by atoms with E-state index in [0.717, 1.165) is 35.2 Å². The van der Waals surface area contributed by atoms with Crippen LogP contribution < -0.4 is 10.2 Å². The minimum atomic E-state index is -0.101. The highest BCUT2D eigenvalue weighted by atomic mass is 16.5. The van der Waals surface area contributed by atoms with Crippen LogP contribution >= 0.6 is 0 Å². The van der Waals surface area contributed by atoms with Crippen LogP contribution in [0.2, 0.25) is 0 Å². The molecule has 0 bridgehead atoms. The van der Waals surface area contributed by atoms with Crippen LogP contribution in [0.25, 0.3) is 11.0 Å². The Bertz CT molecular complexity index is 1210. The van der Waals surface area contributed by atoms with Gasteiger partial charge in [-0.05, 0) is 55.4 Å². The van der Waals surface area contributed by atoms with E-state index >= 15 is 0 Å². The smallest absolute Gasteiger partial charge is 0.256 e. The number of hydrogen-bond acceptors (Lipinski definition) is 6. The molecule has 0 fully saturated rings. The van der Waals surface area contributed by atoms with Gasteiger partial charge in [0.2, 0.25) is 5.91 Å². The van der Waals surface area contributed by atoms with Gasteiger partial charge in [0.25, 0.3) is 5.91 Å². The molecule has 0 atom stereocenters. The van der Waals surface area contributed by atoms with Crippen LogP contribution in [0.4, 0.5) is 5.69 Å². The number of nitrogens with zero attached hydrogens (tertiary/aromatic N) is 4. The minimum absolute atomic E-state index is 0. The van der Waals surface area contributed by atoms with Crippen molar-refractivity contribution in [3.05, 3.63) is 58.8 Å². The second kappa shape index (κ2) is 12.2. The molecule has 37 heavy (non-hydrogen) atoms. The lowest BCUT2D eigenvalue weighted by molar-refractivity contribution is -0.145. The monoisotopic (exact) mass is 507 g/mol. The average molecular weight is 508 g/mol. The third kappa shape index (κ3) is 6.68. The van der Waals surface area contributed by atoms with Crippen molar-refractivity contribution in [2.45, 2.75) is 61.1 Å². The van der Waals surface area contributed by atoms with E-state index in [2.05, 4.69) is 36.5 Å². The Kier molecular flexibility index (Phi) is 9.32. The molecule has 2 heterocycles. The van der Waals surface area contributed by atoms with Crippen LogP contribution in [0.15, 0.2) is 40.9 Å². The minimum Gasteiger partial charge on any atom is -0.356 e.